The molecule has 2 rings (SSSR count). The van der Waals surface area contributed by atoms with Crippen molar-refractivity contribution in [2.75, 3.05) is 11.5 Å². The molecule has 2 atom stereocenters. The smallest absolute Gasteiger partial charge is 0.150 e. The summed E-state index contributed by atoms with van der Waals surface area (Å²) in [4.78, 5) is 0. The number of hydrogen-bond donors (Lipinski definition) is 0. The van der Waals surface area contributed by atoms with Crippen molar-refractivity contribution in [3.63, 3.8) is 0 Å². The second-order valence-electron chi connectivity index (χ2n) is 4.01. The highest BCUT2D eigenvalue weighted by Crippen LogP contribution is 2.27. The van der Waals surface area contributed by atoms with Crippen molar-refractivity contribution in [2.45, 2.75) is 18.2 Å². The van der Waals surface area contributed by atoms with Gasteiger partial charge in [0.15, 0.2) is 9.84 Å². The van der Waals surface area contributed by atoms with E-state index in [1.54, 1.807) is 11.3 Å². The van der Waals surface area contributed by atoms with Crippen molar-refractivity contribution in [1.29, 1.82) is 0 Å². The van der Waals surface area contributed by atoms with Gasteiger partial charge in [0.1, 0.15) is 0 Å². The van der Waals surface area contributed by atoms with Crippen molar-refractivity contribution < 1.29 is 8.42 Å². The zero-order valence-corrected chi connectivity index (χ0v) is 10.6. The third kappa shape index (κ3) is 2.95. The van der Waals surface area contributed by atoms with Gasteiger partial charge >= 0.3 is 0 Å². The van der Waals surface area contributed by atoms with E-state index in [0.717, 1.165) is 12.8 Å². The van der Waals surface area contributed by atoms with E-state index in [1.807, 2.05) is 11.4 Å². The molecule has 2 unspecified atom stereocenters. The summed E-state index contributed by atoms with van der Waals surface area (Å²) in [6, 6.07) is 2.05. The molecule has 1 aromatic heterocycles. The molecule has 2 heterocycles. The average molecular weight is 265 g/mol. The highest BCUT2D eigenvalue weighted by Gasteiger charge is 2.32. The summed E-state index contributed by atoms with van der Waals surface area (Å²) < 4.78 is 22.6. The minimum Gasteiger partial charge on any atom is -0.229 e. The van der Waals surface area contributed by atoms with E-state index in [1.165, 1.54) is 5.56 Å². The molecule has 1 aliphatic rings. The second kappa shape index (κ2) is 4.44. The SMILES string of the molecule is O=S1(=O)CCC(C(Cl)Cc2ccsc2)C1. The number of rotatable bonds is 3. The molecule has 1 fully saturated rings. The molecule has 0 saturated carbocycles. The molecular weight excluding hydrogens is 252 g/mol. The lowest BCUT2D eigenvalue weighted by Crippen LogP contribution is -2.18. The first-order valence-corrected chi connectivity index (χ1v) is 8.12. The van der Waals surface area contributed by atoms with Gasteiger partial charge in [-0.05, 0) is 41.1 Å². The summed E-state index contributed by atoms with van der Waals surface area (Å²) in [5.74, 6) is 0.715. The minimum absolute atomic E-state index is 0.0446. The van der Waals surface area contributed by atoms with Crippen LogP contribution in [0.2, 0.25) is 0 Å². The number of halogens is 1. The lowest BCUT2D eigenvalue weighted by Gasteiger charge is -2.14. The molecule has 5 heteroatoms. The summed E-state index contributed by atoms with van der Waals surface area (Å²) in [6.45, 7) is 0. The summed E-state index contributed by atoms with van der Waals surface area (Å²) in [5, 5.41) is 4.04. The van der Waals surface area contributed by atoms with Gasteiger partial charge in [-0.1, -0.05) is 0 Å². The Morgan fingerprint density at radius 2 is 2.40 bits per heavy atom. The lowest BCUT2D eigenvalue weighted by molar-refractivity contribution is 0.551. The Kier molecular flexibility index (Phi) is 3.38. The van der Waals surface area contributed by atoms with E-state index in [0.29, 0.717) is 5.75 Å². The molecule has 0 radical (unpaired) electrons. The first-order valence-electron chi connectivity index (χ1n) is 4.92. The first-order chi connectivity index (χ1) is 7.07. The maximum atomic E-state index is 11.3. The Bertz CT molecular complexity index is 411. The third-order valence-electron chi connectivity index (χ3n) is 2.79. The van der Waals surface area contributed by atoms with Crippen LogP contribution in [0.5, 0.6) is 0 Å². The van der Waals surface area contributed by atoms with Crippen LogP contribution in [0.3, 0.4) is 0 Å². The summed E-state index contributed by atoms with van der Waals surface area (Å²) >= 11 is 7.89. The number of hydrogen-bond acceptors (Lipinski definition) is 3. The fraction of sp³-hybridized carbons (Fsp3) is 0.600. The van der Waals surface area contributed by atoms with E-state index >= 15 is 0 Å². The van der Waals surface area contributed by atoms with Crippen molar-refractivity contribution in [3.05, 3.63) is 22.4 Å². The topological polar surface area (TPSA) is 34.1 Å². The Morgan fingerprint density at radius 3 is 2.93 bits per heavy atom. The van der Waals surface area contributed by atoms with Crippen LogP contribution in [0, 0.1) is 5.92 Å². The molecule has 0 aliphatic carbocycles. The van der Waals surface area contributed by atoms with Crippen LogP contribution in [0.15, 0.2) is 16.8 Å². The molecule has 0 spiro atoms. The Balaban J connectivity index is 1.95. The molecular formula is C10H13ClO2S2. The molecule has 15 heavy (non-hydrogen) atoms. The molecule has 0 bridgehead atoms. The number of thiophene rings is 1. The van der Waals surface area contributed by atoms with Gasteiger partial charge in [-0.2, -0.15) is 11.3 Å². The standard InChI is InChI=1S/C10H13ClO2S2/c11-10(5-8-1-3-14-6-8)9-2-4-15(12,13)7-9/h1,3,6,9-10H,2,4-5,7H2. The second-order valence-corrected chi connectivity index (χ2v) is 7.58. The van der Waals surface area contributed by atoms with Crippen LogP contribution in [0.25, 0.3) is 0 Å². The Morgan fingerprint density at radius 1 is 1.60 bits per heavy atom. The first kappa shape index (κ1) is 11.4. The van der Waals surface area contributed by atoms with Gasteiger partial charge in [-0.25, -0.2) is 8.42 Å². The van der Waals surface area contributed by atoms with Gasteiger partial charge in [-0.3, -0.25) is 0 Å². The van der Waals surface area contributed by atoms with Crippen LogP contribution in [0.1, 0.15) is 12.0 Å². The van der Waals surface area contributed by atoms with Crippen LogP contribution < -0.4 is 0 Å². The third-order valence-corrected chi connectivity index (χ3v) is 5.83. The van der Waals surface area contributed by atoms with E-state index in [-0.39, 0.29) is 17.0 Å². The van der Waals surface area contributed by atoms with Gasteiger partial charge < -0.3 is 0 Å². The minimum atomic E-state index is -2.80. The van der Waals surface area contributed by atoms with E-state index in [9.17, 15) is 8.42 Å². The highest BCUT2D eigenvalue weighted by atomic mass is 35.5. The summed E-state index contributed by atoms with van der Waals surface area (Å²) in [5.41, 5.74) is 1.21. The number of sulfone groups is 1. The molecule has 1 aromatic rings. The quantitative estimate of drug-likeness (QED) is 0.786. The zero-order valence-electron chi connectivity index (χ0n) is 8.23. The van der Waals surface area contributed by atoms with Crippen LogP contribution in [-0.4, -0.2) is 25.3 Å². The molecule has 2 nitrogen and oxygen atoms in total. The lowest BCUT2D eigenvalue weighted by atomic mass is 10.00. The fourth-order valence-corrected chi connectivity index (χ4v) is 4.97. The van der Waals surface area contributed by atoms with E-state index in [2.05, 4.69) is 5.38 Å². The monoisotopic (exact) mass is 264 g/mol. The normalized spacial score (nSPS) is 26.6. The van der Waals surface area contributed by atoms with Gasteiger partial charge in [0.05, 0.1) is 11.5 Å². The van der Waals surface area contributed by atoms with E-state index < -0.39 is 9.84 Å². The van der Waals surface area contributed by atoms with Gasteiger partial charge in [0.2, 0.25) is 0 Å². The number of alkyl halides is 1. The van der Waals surface area contributed by atoms with E-state index in [4.69, 9.17) is 11.6 Å². The molecule has 0 aromatic carbocycles. The highest BCUT2D eigenvalue weighted by molar-refractivity contribution is 7.91. The fourth-order valence-electron chi connectivity index (χ4n) is 1.91. The van der Waals surface area contributed by atoms with Crippen molar-refractivity contribution in [2.24, 2.45) is 5.92 Å². The zero-order chi connectivity index (χ0) is 10.9. The largest absolute Gasteiger partial charge is 0.229 e. The predicted molar refractivity (Wildman–Crippen MR) is 64.4 cm³/mol. The van der Waals surface area contributed by atoms with Crippen molar-refractivity contribution in [1.82, 2.24) is 0 Å². The molecule has 1 aliphatic heterocycles. The molecule has 0 N–H and O–H groups in total. The van der Waals surface area contributed by atoms with Crippen molar-refractivity contribution in [3.8, 4) is 0 Å². The van der Waals surface area contributed by atoms with Crippen molar-refractivity contribution >= 4 is 32.8 Å². The van der Waals surface area contributed by atoms with Crippen LogP contribution in [-0.2, 0) is 16.3 Å². The summed E-state index contributed by atoms with van der Waals surface area (Å²) in [7, 11) is -2.80. The van der Waals surface area contributed by atoms with Gasteiger partial charge in [0, 0.05) is 5.38 Å². The van der Waals surface area contributed by atoms with Gasteiger partial charge in [0.25, 0.3) is 0 Å². The molecule has 84 valence electrons. The molecule has 1 saturated heterocycles. The maximum Gasteiger partial charge on any atom is 0.150 e. The maximum absolute atomic E-state index is 11.3. The predicted octanol–water partition coefficient (Wildman–Crippen LogP) is 2.33. The van der Waals surface area contributed by atoms with Crippen LogP contribution >= 0.6 is 22.9 Å². The van der Waals surface area contributed by atoms with Crippen LogP contribution in [0.4, 0.5) is 0 Å². The Labute approximate surface area is 99.2 Å². The average Bonchev–Trinajstić information content (AvgIpc) is 2.74. The van der Waals surface area contributed by atoms with Gasteiger partial charge in [-0.15, -0.1) is 11.6 Å². The molecule has 0 amide bonds. The summed E-state index contributed by atoms with van der Waals surface area (Å²) in [6.07, 6.45) is 1.51. The Hall–Kier alpha value is -0.0600.